The summed E-state index contributed by atoms with van der Waals surface area (Å²) in [6, 6.07) is 62.6. The molecule has 0 unspecified atom stereocenters. The fourth-order valence-electron chi connectivity index (χ4n) is 9.45. The molecule has 57 heavy (non-hydrogen) atoms. The first kappa shape index (κ1) is 34.8. The van der Waals surface area contributed by atoms with Crippen molar-refractivity contribution in [2.75, 3.05) is 9.80 Å². The number of rotatable bonds is 8. The number of anilines is 6. The van der Waals surface area contributed by atoms with E-state index in [0.717, 1.165) is 29.9 Å². The number of para-hydroxylation sites is 2. The second-order valence-corrected chi connectivity index (χ2v) is 16.4. The van der Waals surface area contributed by atoms with Crippen LogP contribution in [0.2, 0.25) is 0 Å². The van der Waals surface area contributed by atoms with Crippen molar-refractivity contribution < 1.29 is 0 Å². The maximum absolute atomic E-state index is 2.50. The van der Waals surface area contributed by atoms with Gasteiger partial charge in [0.05, 0.1) is 5.69 Å². The van der Waals surface area contributed by atoms with Gasteiger partial charge in [0.1, 0.15) is 0 Å². The van der Waals surface area contributed by atoms with Crippen LogP contribution in [-0.4, -0.2) is 0 Å². The Bertz CT molecular complexity index is 2760. The lowest BCUT2D eigenvalue weighted by molar-refractivity contribution is 0.660. The average Bonchev–Trinajstić information content (AvgIpc) is 3.75. The van der Waals surface area contributed by atoms with Crippen LogP contribution in [0.3, 0.4) is 0 Å². The summed E-state index contributed by atoms with van der Waals surface area (Å²) in [5.41, 5.74) is 20.1. The van der Waals surface area contributed by atoms with Crippen molar-refractivity contribution in [3.8, 4) is 11.1 Å². The molecule has 0 heterocycles. The molecule has 2 nitrogen and oxygen atoms in total. The van der Waals surface area contributed by atoms with E-state index in [9.17, 15) is 0 Å². The minimum absolute atomic E-state index is 0.166. The summed E-state index contributed by atoms with van der Waals surface area (Å²) in [5, 5.41) is 2.77. The Morgan fingerprint density at radius 1 is 0.439 bits per heavy atom. The molecule has 0 aromatic heterocycles. The summed E-state index contributed by atoms with van der Waals surface area (Å²) in [5.74, 6) is 0. The number of aryl methyl sites for hydroxylation is 4. The Balaban J connectivity index is 0.979. The van der Waals surface area contributed by atoms with E-state index in [4.69, 9.17) is 0 Å². The van der Waals surface area contributed by atoms with Crippen molar-refractivity contribution in [2.45, 2.75) is 46.0 Å². The monoisotopic (exact) mass is 734 g/mol. The SMILES string of the molecule is Cc1cc(C)cc(N(c2ccc3c(c2)C(C)(C)c2cc(C=Cc4ccc(N(c5ccccc5)c5ccccc5)cc4)ccc2-3)c2ccc3c4c(cccc24)CC3)c1. The van der Waals surface area contributed by atoms with Gasteiger partial charge in [0.25, 0.3) is 0 Å². The van der Waals surface area contributed by atoms with Gasteiger partial charge >= 0.3 is 0 Å². The van der Waals surface area contributed by atoms with Crippen LogP contribution in [0.4, 0.5) is 34.1 Å². The van der Waals surface area contributed by atoms with Crippen LogP contribution >= 0.6 is 0 Å². The van der Waals surface area contributed by atoms with Gasteiger partial charge in [0.15, 0.2) is 0 Å². The molecule has 2 heteroatoms. The molecule has 0 fully saturated rings. The fourth-order valence-corrected chi connectivity index (χ4v) is 9.45. The molecule has 0 radical (unpaired) electrons. The van der Waals surface area contributed by atoms with Crippen LogP contribution in [0.1, 0.15) is 58.4 Å². The Hall–Kier alpha value is -6.64. The first-order valence-corrected chi connectivity index (χ1v) is 20.2. The highest BCUT2D eigenvalue weighted by Gasteiger charge is 2.36. The van der Waals surface area contributed by atoms with Gasteiger partial charge in [0.2, 0.25) is 0 Å². The van der Waals surface area contributed by atoms with Gasteiger partial charge in [-0.25, -0.2) is 0 Å². The summed E-state index contributed by atoms with van der Waals surface area (Å²) < 4.78 is 0. The Labute approximate surface area is 337 Å². The van der Waals surface area contributed by atoms with Crippen LogP contribution < -0.4 is 9.80 Å². The average molecular weight is 735 g/mol. The molecule has 0 N–H and O–H groups in total. The van der Waals surface area contributed by atoms with Crippen LogP contribution in [0, 0.1) is 13.8 Å². The molecule has 0 aliphatic heterocycles. The largest absolute Gasteiger partial charge is 0.311 e. The van der Waals surface area contributed by atoms with E-state index >= 15 is 0 Å². The van der Waals surface area contributed by atoms with E-state index in [0.29, 0.717) is 0 Å². The van der Waals surface area contributed by atoms with E-state index in [1.807, 2.05) is 0 Å². The zero-order valence-electron chi connectivity index (χ0n) is 33.1. The van der Waals surface area contributed by atoms with Crippen molar-refractivity contribution in [1.82, 2.24) is 0 Å². The zero-order valence-corrected chi connectivity index (χ0v) is 33.1. The molecular weight excluding hydrogens is 689 g/mol. The lowest BCUT2D eigenvalue weighted by Gasteiger charge is -2.30. The van der Waals surface area contributed by atoms with Gasteiger partial charge in [-0.15, -0.1) is 0 Å². The van der Waals surface area contributed by atoms with E-state index in [1.54, 1.807) is 0 Å². The quantitative estimate of drug-likeness (QED) is 0.143. The summed E-state index contributed by atoms with van der Waals surface area (Å²) in [7, 11) is 0. The highest BCUT2D eigenvalue weighted by atomic mass is 15.1. The minimum atomic E-state index is -0.166. The van der Waals surface area contributed by atoms with E-state index in [-0.39, 0.29) is 5.41 Å². The van der Waals surface area contributed by atoms with Crippen LogP contribution in [-0.2, 0) is 18.3 Å². The minimum Gasteiger partial charge on any atom is -0.311 e. The zero-order chi connectivity index (χ0) is 38.7. The van der Waals surface area contributed by atoms with E-state index in [1.165, 1.54) is 83.5 Å². The molecule has 276 valence electrons. The standard InChI is InChI=1S/C55H46N2/c1-37-32-38(2)34-47(33-37)57(53-31-25-42-24-23-41-12-11-17-50(53)54(41)42)46-28-30-49-48-29-22-40(35-51(48)55(3,4)52(49)36-46)19-18-39-20-26-45(27-21-39)56(43-13-7-5-8-14-43)44-15-9-6-10-16-44/h5-22,25-36H,23-24H2,1-4H3. The molecule has 0 saturated carbocycles. The molecule has 0 saturated heterocycles. The summed E-state index contributed by atoms with van der Waals surface area (Å²) in [6.07, 6.45) is 6.73. The van der Waals surface area contributed by atoms with Crippen molar-refractivity contribution in [3.05, 3.63) is 214 Å². The molecule has 0 amide bonds. The third-order valence-electron chi connectivity index (χ3n) is 12.1. The molecule has 10 rings (SSSR count). The summed E-state index contributed by atoms with van der Waals surface area (Å²) in [6.45, 7) is 9.19. The van der Waals surface area contributed by atoms with Crippen molar-refractivity contribution in [1.29, 1.82) is 0 Å². The predicted octanol–water partition coefficient (Wildman–Crippen LogP) is 15.0. The van der Waals surface area contributed by atoms with Crippen molar-refractivity contribution in [2.24, 2.45) is 0 Å². The lowest BCUT2D eigenvalue weighted by Crippen LogP contribution is -2.17. The molecular formula is C55H46N2. The van der Waals surface area contributed by atoms with Crippen LogP contribution in [0.15, 0.2) is 170 Å². The lowest BCUT2D eigenvalue weighted by atomic mass is 9.81. The number of hydrogen-bond acceptors (Lipinski definition) is 2. The van der Waals surface area contributed by atoms with E-state index in [2.05, 4.69) is 220 Å². The fraction of sp³-hybridized carbons (Fsp3) is 0.127. The third kappa shape index (κ3) is 6.13. The Kier molecular flexibility index (Phi) is 8.45. The second-order valence-electron chi connectivity index (χ2n) is 16.4. The van der Waals surface area contributed by atoms with Gasteiger partial charge in [-0.3, -0.25) is 0 Å². The summed E-state index contributed by atoms with van der Waals surface area (Å²) in [4.78, 5) is 4.80. The predicted molar refractivity (Wildman–Crippen MR) is 243 cm³/mol. The van der Waals surface area contributed by atoms with Gasteiger partial charge in [-0.1, -0.05) is 129 Å². The molecule has 2 aliphatic rings. The number of nitrogens with zero attached hydrogens (tertiary/aromatic N) is 2. The topological polar surface area (TPSA) is 6.48 Å². The van der Waals surface area contributed by atoms with Gasteiger partial charge in [-0.2, -0.15) is 0 Å². The molecule has 2 aliphatic carbocycles. The number of benzene rings is 8. The van der Waals surface area contributed by atoms with Gasteiger partial charge in [0, 0.05) is 39.2 Å². The molecule has 8 aromatic carbocycles. The number of fused-ring (bicyclic) bond motifs is 3. The van der Waals surface area contributed by atoms with Crippen LogP contribution in [0.5, 0.6) is 0 Å². The first-order valence-electron chi connectivity index (χ1n) is 20.2. The van der Waals surface area contributed by atoms with Crippen LogP contribution in [0.25, 0.3) is 34.1 Å². The highest BCUT2D eigenvalue weighted by molar-refractivity contribution is 6.03. The maximum Gasteiger partial charge on any atom is 0.0540 e. The van der Waals surface area contributed by atoms with Crippen molar-refractivity contribution in [3.63, 3.8) is 0 Å². The normalized spacial score (nSPS) is 13.5. The summed E-state index contributed by atoms with van der Waals surface area (Å²) >= 11 is 0. The van der Waals surface area contributed by atoms with Gasteiger partial charge < -0.3 is 9.80 Å². The molecule has 0 atom stereocenters. The maximum atomic E-state index is 2.50. The Morgan fingerprint density at radius 2 is 1.00 bits per heavy atom. The number of hydrogen-bond donors (Lipinski definition) is 0. The first-order chi connectivity index (χ1) is 27.8. The molecule has 0 spiro atoms. The Morgan fingerprint density at radius 3 is 1.68 bits per heavy atom. The second kappa shape index (κ2) is 13.8. The third-order valence-corrected chi connectivity index (χ3v) is 12.1. The smallest absolute Gasteiger partial charge is 0.0540 e. The molecule has 8 aromatic rings. The van der Waals surface area contributed by atoms with Gasteiger partial charge in [-0.05, 0) is 154 Å². The molecule has 0 bridgehead atoms. The van der Waals surface area contributed by atoms with Crippen molar-refractivity contribution >= 4 is 57.0 Å². The van der Waals surface area contributed by atoms with E-state index < -0.39 is 0 Å². The highest BCUT2D eigenvalue weighted by Crippen LogP contribution is 2.52.